The Kier molecular flexibility index (Phi) is 3.16. The van der Waals surface area contributed by atoms with Crippen LogP contribution in [-0.2, 0) is 6.54 Å². The van der Waals surface area contributed by atoms with Crippen molar-refractivity contribution < 1.29 is 0 Å². The first-order valence-corrected chi connectivity index (χ1v) is 6.46. The number of nitrogens with two attached hydrogens (primary N) is 1. The minimum absolute atomic E-state index is 0.186. The molecule has 0 bridgehead atoms. The number of anilines is 1. The number of nitrogens with one attached hydrogen (secondary N) is 1. The molecule has 0 saturated carbocycles. The average molecular weight is 262 g/mol. The molecule has 3 N–H and O–H groups in total. The Morgan fingerprint density at radius 3 is 3.16 bits per heavy atom. The number of rotatable bonds is 3. The van der Waals surface area contributed by atoms with Gasteiger partial charge in [-0.25, -0.2) is 9.67 Å². The number of H-pyrrole nitrogens is 1. The topological polar surface area (TPSA) is 102 Å². The van der Waals surface area contributed by atoms with Gasteiger partial charge in [-0.2, -0.15) is 10.1 Å². The molecule has 1 aliphatic heterocycles. The van der Waals surface area contributed by atoms with Crippen molar-refractivity contribution in [1.82, 2.24) is 29.9 Å². The van der Waals surface area contributed by atoms with E-state index in [-0.39, 0.29) is 6.04 Å². The number of aromatic nitrogens is 6. The standard InChI is InChI=1S/C11H18N8/c1-8-2-3-18(4-9(8)12)11-15-10(16-17-11)5-19-7-13-6-14-19/h6-9H,2-5,12H2,1H3,(H,15,16,17). The molecule has 1 saturated heterocycles. The molecular formula is C11H18N8. The van der Waals surface area contributed by atoms with E-state index in [4.69, 9.17) is 5.73 Å². The third-order valence-electron chi connectivity index (χ3n) is 3.60. The molecule has 3 rings (SSSR count). The Morgan fingerprint density at radius 1 is 1.53 bits per heavy atom. The molecule has 0 spiro atoms. The molecule has 2 atom stereocenters. The lowest BCUT2D eigenvalue weighted by Crippen LogP contribution is -2.48. The van der Waals surface area contributed by atoms with E-state index in [9.17, 15) is 0 Å². The van der Waals surface area contributed by atoms with E-state index in [1.807, 2.05) is 0 Å². The lowest BCUT2D eigenvalue weighted by atomic mass is 9.95. The van der Waals surface area contributed by atoms with Crippen LogP contribution >= 0.6 is 0 Å². The van der Waals surface area contributed by atoms with Gasteiger partial charge in [0.15, 0.2) is 0 Å². The molecule has 1 fully saturated rings. The first-order chi connectivity index (χ1) is 9.22. The summed E-state index contributed by atoms with van der Waals surface area (Å²) in [6.45, 7) is 4.50. The van der Waals surface area contributed by atoms with Gasteiger partial charge in [0, 0.05) is 19.1 Å². The molecule has 2 unspecified atom stereocenters. The van der Waals surface area contributed by atoms with Crippen molar-refractivity contribution >= 4 is 5.95 Å². The van der Waals surface area contributed by atoms with Crippen LogP contribution in [0, 0.1) is 5.92 Å². The van der Waals surface area contributed by atoms with Crippen LogP contribution in [0.2, 0.25) is 0 Å². The summed E-state index contributed by atoms with van der Waals surface area (Å²) in [5, 5.41) is 11.2. The minimum Gasteiger partial charge on any atom is -0.338 e. The Hall–Kier alpha value is -1.96. The molecule has 102 valence electrons. The second kappa shape index (κ2) is 4.96. The summed E-state index contributed by atoms with van der Waals surface area (Å²) in [6.07, 6.45) is 4.23. The molecule has 2 aromatic heterocycles. The zero-order chi connectivity index (χ0) is 13.2. The van der Waals surface area contributed by atoms with E-state index in [2.05, 4.69) is 37.1 Å². The van der Waals surface area contributed by atoms with Crippen LogP contribution in [0.1, 0.15) is 19.2 Å². The highest BCUT2D eigenvalue weighted by atomic mass is 15.4. The highest BCUT2D eigenvalue weighted by molar-refractivity contribution is 5.30. The summed E-state index contributed by atoms with van der Waals surface area (Å²) < 4.78 is 1.70. The number of hydrogen-bond donors (Lipinski definition) is 2. The first kappa shape index (κ1) is 12.1. The molecular weight excluding hydrogens is 244 g/mol. The normalized spacial score (nSPS) is 23.8. The first-order valence-electron chi connectivity index (χ1n) is 6.46. The Morgan fingerprint density at radius 2 is 2.42 bits per heavy atom. The maximum Gasteiger partial charge on any atom is 0.244 e. The molecule has 8 nitrogen and oxygen atoms in total. The van der Waals surface area contributed by atoms with Crippen molar-refractivity contribution in [3.05, 3.63) is 18.5 Å². The van der Waals surface area contributed by atoms with Crippen LogP contribution in [0.15, 0.2) is 12.7 Å². The van der Waals surface area contributed by atoms with Gasteiger partial charge in [-0.05, 0) is 12.3 Å². The number of nitrogens with zero attached hydrogens (tertiary/aromatic N) is 6. The molecule has 3 heterocycles. The van der Waals surface area contributed by atoms with Gasteiger partial charge in [0.25, 0.3) is 0 Å². The Balaban J connectivity index is 1.67. The quantitative estimate of drug-likeness (QED) is 0.781. The van der Waals surface area contributed by atoms with Gasteiger partial charge < -0.3 is 10.6 Å². The minimum atomic E-state index is 0.186. The second-order valence-electron chi connectivity index (χ2n) is 5.05. The van der Waals surface area contributed by atoms with Gasteiger partial charge in [-0.3, -0.25) is 5.10 Å². The number of piperidine rings is 1. The number of hydrogen-bond acceptors (Lipinski definition) is 6. The summed E-state index contributed by atoms with van der Waals surface area (Å²) in [5.41, 5.74) is 6.09. The predicted molar refractivity (Wildman–Crippen MR) is 69.5 cm³/mol. The molecule has 2 aromatic rings. The molecule has 0 aliphatic carbocycles. The molecule has 0 amide bonds. The Labute approximate surface area is 111 Å². The zero-order valence-electron chi connectivity index (χ0n) is 10.9. The SMILES string of the molecule is CC1CCN(c2n[nH]c(Cn3cncn3)n2)CC1N. The molecule has 1 aliphatic rings. The van der Waals surface area contributed by atoms with E-state index in [1.54, 1.807) is 11.0 Å². The smallest absolute Gasteiger partial charge is 0.244 e. The summed E-state index contributed by atoms with van der Waals surface area (Å²) in [6, 6.07) is 0.186. The van der Waals surface area contributed by atoms with Crippen LogP contribution in [-0.4, -0.2) is 49.1 Å². The van der Waals surface area contributed by atoms with Crippen molar-refractivity contribution in [2.24, 2.45) is 11.7 Å². The second-order valence-corrected chi connectivity index (χ2v) is 5.05. The van der Waals surface area contributed by atoms with Gasteiger partial charge >= 0.3 is 0 Å². The van der Waals surface area contributed by atoms with Crippen molar-refractivity contribution in [2.45, 2.75) is 25.9 Å². The summed E-state index contributed by atoms with van der Waals surface area (Å²) >= 11 is 0. The van der Waals surface area contributed by atoms with E-state index >= 15 is 0 Å². The van der Waals surface area contributed by atoms with E-state index in [0.29, 0.717) is 12.5 Å². The van der Waals surface area contributed by atoms with Gasteiger partial charge in [0.1, 0.15) is 25.0 Å². The van der Waals surface area contributed by atoms with E-state index in [1.165, 1.54) is 6.33 Å². The monoisotopic (exact) mass is 262 g/mol. The third-order valence-corrected chi connectivity index (χ3v) is 3.60. The van der Waals surface area contributed by atoms with Gasteiger partial charge in [-0.1, -0.05) is 6.92 Å². The predicted octanol–water partition coefficient (Wildman–Crippen LogP) is -0.382. The number of aromatic amines is 1. The maximum absolute atomic E-state index is 6.09. The lowest BCUT2D eigenvalue weighted by Gasteiger charge is -2.34. The molecule has 0 radical (unpaired) electrons. The van der Waals surface area contributed by atoms with Gasteiger partial charge in [0.2, 0.25) is 5.95 Å². The summed E-state index contributed by atoms with van der Waals surface area (Å²) in [5.74, 6) is 2.05. The molecule has 0 aromatic carbocycles. The largest absolute Gasteiger partial charge is 0.338 e. The van der Waals surface area contributed by atoms with Crippen molar-refractivity contribution in [3.63, 3.8) is 0 Å². The van der Waals surface area contributed by atoms with Gasteiger partial charge in [-0.15, -0.1) is 5.10 Å². The molecule has 8 heteroatoms. The molecule has 19 heavy (non-hydrogen) atoms. The van der Waals surface area contributed by atoms with Crippen LogP contribution in [0.4, 0.5) is 5.95 Å². The highest BCUT2D eigenvalue weighted by Gasteiger charge is 2.25. The van der Waals surface area contributed by atoms with E-state index in [0.717, 1.165) is 31.3 Å². The average Bonchev–Trinajstić information content (AvgIpc) is 3.05. The fourth-order valence-electron chi connectivity index (χ4n) is 2.25. The van der Waals surface area contributed by atoms with Crippen LogP contribution in [0.3, 0.4) is 0 Å². The fourth-order valence-corrected chi connectivity index (χ4v) is 2.25. The summed E-state index contributed by atoms with van der Waals surface area (Å²) in [4.78, 5) is 10.5. The third kappa shape index (κ3) is 2.58. The fraction of sp³-hybridized carbons (Fsp3) is 0.636. The zero-order valence-corrected chi connectivity index (χ0v) is 10.9. The van der Waals surface area contributed by atoms with Crippen molar-refractivity contribution in [1.29, 1.82) is 0 Å². The van der Waals surface area contributed by atoms with Crippen molar-refractivity contribution in [2.75, 3.05) is 18.0 Å². The highest BCUT2D eigenvalue weighted by Crippen LogP contribution is 2.19. The van der Waals surface area contributed by atoms with Crippen LogP contribution in [0.25, 0.3) is 0 Å². The lowest BCUT2D eigenvalue weighted by molar-refractivity contribution is 0.376. The Bertz CT molecular complexity index is 519. The van der Waals surface area contributed by atoms with Gasteiger partial charge in [0.05, 0.1) is 0 Å². The van der Waals surface area contributed by atoms with E-state index < -0.39 is 0 Å². The maximum atomic E-state index is 6.09. The van der Waals surface area contributed by atoms with Crippen molar-refractivity contribution in [3.8, 4) is 0 Å². The van der Waals surface area contributed by atoms with Crippen LogP contribution in [0.5, 0.6) is 0 Å². The summed E-state index contributed by atoms with van der Waals surface area (Å²) in [7, 11) is 0. The van der Waals surface area contributed by atoms with Crippen LogP contribution < -0.4 is 10.6 Å².